The van der Waals surface area contributed by atoms with Crippen molar-refractivity contribution in [3.05, 3.63) is 29.6 Å². The Morgan fingerprint density at radius 3 is 2.72 bits per heavy atom. The minimum atomic E-state index is -0.586. The number of carbonyl (C=O) groups excluding carboxylic acids is 2. The van der Waals surface area contributed by atoms with Crippen molar-refractivity contribution in [2.24, 2.45) is 5.92 Å². The summed E-state index contributed by atoms with van der Waals surface area (Å²) < 4.78 is 18.1. The summed E-state index contributed by atoms with van der Waals surface area (Å²) in [5, 5.41) is 2.55. The van der Waals surface area contributed by atoms with E-state index in [0.29, 0.717) is 0 Å². The van der Waals surface area contributed by atoms with Crippen LogP contribution in [0.4, 0.5) is 4.39 Å². The number of ketones is 1. The lowest BCUT2D eigenvalue weighted by Crippen LogP contribution is -2.30. The molecule has 1 aromatic carbocycles. The van der Waals surface area contributed by atoms with Gasteiger partial charge in [0.1, 0.15) is 0 Å². The molecule has 0 radical (unpaired) electrons. The van der Waals surface area contributed by atoms with Gasteiger partial charge in [0.25, 0.3) is 0 Å². The highest BCUT2D eigenvalue weighted by molar-refractivity contribution is 5.99. The maximum Gasteiger partial charge on any atom is 0.223 e. The molecule has 1 aliphatic rings. The Morgan fingerprint density at radius 1 is 1.44 bits per heavy atom. The third-order valence-electron chi connectivity index (χ3n) is 2.85. The standard InChI is InChI=1S/C13H14FNO3/c1-18-12-5-4-9(6-10(12)14)11(16)7-15-13(17)8-2-3-8/h4-6,8H,2-3,7H2,1H3,(H,15,17). The number of methoxy groups -OCH3 is 1. The highest BCUT2D eigenvalue weighted by Gasteiger charge is 2.29. The van der Waals surface area contributed by atoms with Gasteiger partial charge in [-0.25, -0.2) is 4.39 Å². The molecule has 2 rings (SSSR count). The Bertz CT molecular complexity index is 483. The van der Waals surface area contributed by atoms with Crippen LogP contribution in [0.1, 0.15) is 23.2 Å². The summed E-state index contributed by atoms with van der Waals surface area (Å²) in [4.78, 5) is 23.1. The zero-order valence-electron chi connectivity index (χ0n) is 10.0. The van der Waals surface area contributed by atoms with E-state index in [2.05, 4.69) is 5.32 Å². The van der Waals surface area contributed by atoms with Crippen LogP contribution in [0.2, 0.25) is 0 Å². The average molecular weight is 251 g/mol. The molecule has 96 valence electrons. The first-order chi connectivity index (χ1) is 8.61. The molecule has 1 fully saturated rings. The number of amides is 1. The molecule has 1 aromatic rings. The molecule has 18 heavy (non-hydrogen) atoms. The first kappa shape index (κ1) is 12.5. The molecule has 4 nitrogen and oxygen atoms in total. The first-order valence-corrected chi connectivity index (χ1v) is 5.76. The van der Waals surface area contributed by atoms with Gasteiger partial charge in [-0.05, 0) is 31.0 Å². The fourth-order valence-corrected chi connectivity index (χ4v) is 1.60. The Labute approximate surface area is 104 Å². The number of Topliss-reactive ketones (excluding diaryl/α,β-unsaturated/α-hetero) is 1. The molecule has 0 unspecified atom stereocenters. The second kappa shape index (κ2) is 5.16. The number of hydrogen-bond acceptors (Lipinski definition) is 3. The van der Waals surface area contributed by atoms with E-state index in [0.717, 1.165) is 18.9 Å². The van der Waals surface area contributed by atoms with Gasteiger partial charge in [0.05, 0.1) is 13.7 Å². The Morgan fingerprint density at radius 2 is 2.17 bits per heavy atom. The van der Waals surface area contributed by atoms with Crippen molar-refractivity contribution in [1.29, 1.82) is 0 Å². The van der Waals surface area contributed by atoms with Crippen molar-refractivity contribution >= 4 is 11.7 Å². The minimum absolute atomic E-state index is 0.0606. The molecule has 1 aliphatic carbocycles. The van der Waals surface area contributed by atoms with Crippen LogP contribution in [0.25, 0.3) is 0 Å². The zero-order chi connectivity index (χ0) is 13.1. The van der Waals surface area contributed by atoms with E-state index in [1.54, 1.807) is 0 Å². The van der Waals surface area contributed by atoms with E-state index in [1.165, 1.54) is 19.2 Å². The third kappa shape index (κ3) is 2.85. The predicted molar refractivity (Wildman–Crippen MR) is 63.0 cm³/mol. The van der Waals surface area contributed by atoms with Crippen LogP contribution in [0.5, 0.6) is 5.75 Å². The molecule has 1 amide bonds. The van der Waals surface area contributed by atoms with E-state index >= 15 is 0 Å². The van der Waals surface area contributed by atoms with Crippen molar-refractivity contribution < 1.29 is 18.7 Å². The maximum absolute atomic E-state index is 13.4. The van der Waals surface area contributed by atoms with Gasteiger partial charge in [-0.1, -0.05) is 0 Å². The fourth-order valence-electron chi connectivity index (χ4n) is 1.60. The van der Waals surface area contributed by atoms with Crippen LogP contribution in [-0.2, 0) is 4.79 Å². The minimum Gasteiger partial charge on any atom is -0.494 e. The summed E-state index contributed by atoms with van der Waals surface area (Å²) in [5.41, 5.74) is 0.226. The number of benzene rings is 1. The van der Waals surface area contributed by atoms with Crippen molar-refractivity contribution in [3.8, 4) is 5.75 Å². The summed E-state index contributed by atoms with van der Waals surface area (Å²) in [5.74, 6) is -0.848. The van der Waals surface area contributed by atoms with E-state index in [1.807, 2.05) is 0 Å². The van der Waals surface area contributed by atoms with Crippen molar-refractivity contribution in [2.75, 3.05) is 13.7 Å². The summed E-state index contributed by atoms with van der Waals surface area (Å²) >= 11 is 0. The van der Waals surface area contributed by atoms with Gasteiger partial charge in [0.2, 0.25) is 5.91 Å². The molecule has 0 spiro atoms. The van der Waals surface area contributed by atoms with E-state index < -0.39 is 5.82 Å². The summed E-state index contributed by atoms with van der Waals surface area (Å²) in [6.45, 7) is -0.0961. The molecule has 0 saturated heterocycles. The van der Waals surface area contributed by atoms with Gasteiger partial charge in [0, 0.05) is 11.5 Å². The van der Waals surface area contributed by atoms with E-state index in [4.69, 9.17) is 4.74 Å². The van der Waals surface area contributed by atoms with Gasteiger partial charge in [-0.15, -0.1) is 0 Å². The monoisotopic (exact) mass is 251 g/mol. The summed E-state index contributed by atoms with van der Waals surface area (Å²) in [6.07, 6.45) is 1.77. The van der Waals surface area contributed by atoms with Crippen molar-refractivity contribution in [3.63, 3.8) is 0 Å². The lowest BCUT2D eigenvalue weighted by Gasteiger charge is -2.06. The van der Waals surface area contributed by atoms with Gasteiger partial charge in [-0.2, -0.15) is 0 Å². The first-order valence-electron chi connectivity index (χ1n) is 5.76. The number of carbonyl (C=O) groups is 2. The number of nitrogens with one attached hydrogen (secondary N) is 1. The van der Waals surface area contributed by atoms with Gasteiger partial charge >= 0.3 is 0 Å². The molecular formula is C13H14FNO3. The van der Waals surface area contributed by atoms with Gasteiger partial charge in [-0.3, -0.25) is 9.59 Å². The van der Waals surface area contributed by atoms with Crippen LogP contribution in [0.3, 0.4) is 0 Å². The van der Waals surface area contributed by atoms with E-state index in [-0.39, 0.29) is 35.5 Å². The van der Waals surface area contributed by atoms with Crippen molar-refractivity contribution in [1.82, 2.24) is 5.32 Å². The molecule has 0 aromatic heterocycles. The smallest absolute Gasteiger partial charge is 0.223 e. The van der Waals surface area contributed by atoms with Gasteiger partial charge in [0.15, 0.2) is 17.3 Å². The Kier molecular flexibility index (Phi) is 3.60. The van der Waals surface area contributed by atoms with Crippen molar-refractivity contribution in [2.45, 2.75) is 12.8 Å². The van der Waals surface area contributed by atoms with Crippen LogP contribution in [0.15, 0.2) is 18.2 Å². The topological polar surface area (TPSA) is 55.4 Å². The molecule has 5 heteroatoms. The molecule has 1 saturated carbocycles. The molecule has 1 N–H and O–H groups in total. The zero-order valence-corrected chi connectivity index (χ0v) is 10.0. The van der Waals surface area contributed by atoms with Gasteiger partial charge < -0.3 is 10.1 Å². The second-order valence-electron chi connectivity index (χ2n) is 4.26. The average Bonchev–Trinajstić information content (AvgIpc) is 3.19. The van der Waals surface area contributed by atoms with Crippen LogP contribution in [0, 0.1) is 11.7 Å². The summed E-state index contributed by atoms with van der Waals surface area (Å²) in [7, 11) is 1.36. The largest absolute Gasteiger partial charge is 0.494 e. The number of hydrogen-bond donors (Lipinski definition) is 1. The Balaban J connectivity index is 1.95. The highest BCUT2D eigenvalue weighted by atomic mass is 19.1. The SMILES string of the molecule is COc1ccc(C(=O)CNC(=O)C2CC2)cc1F. The molecule has 0 aliphatic heterocycles. The Hall–Kier alpha value is -1.91. The lowest BCUT2D eigenvalue weighted by molar-refractivity contribution is -0.122. The molecular weight excluding hydrogens is 237 g/mol. The quantitative estimate of drug-likeness (QED) is 0.808. The fraction of sp³-hybridized carbons (Fsp3) is 0.385. The van der Waals surface area contributed by atoms with E-state index in [9.17, 15) is 14.0 Å². The number of ether oxygens (including phenoxy) is 1. The molecule has 0 atom stereocenters. The molecule has 0 bridgehead atoms. The third-order valence-corrected chi connectivity index (χ3v) is 2.85. The lowest BCUT2D eigenvalue weighted by atomic mass is 10.1. The maximum atomic E-state index is 13.4. The summed E-state index contributed by atoms with van der Waals surface area (Å²) in [6, 6.07) is 3.99. The molecule has 0 heterocycles. The number of rotatable bonds is 5. The number of halogens is 1. The normalized spacial score (nSPS) is 14.1. The van der Waals surface area contributed by atoms with Crippen LogP contribution >= 0.6 is 0 Å². The highest BCUT2D eigenvalue weighted by Crippen LogP contribution is 2.28. The van der Waals surface area contributed by atoms with Crippen LogP contribution in [-0.4, -0.2) is 25.3 Å². The van der Waals surface area contributed by atoms with Crippen LogP contribution < -0.4 is 10.1 Å². The second-order valence-corrected chi connectivity index (χ2v) is 4.26. The predicted octanol–water partition coefficient (Wildman–Crippen LogP) is 1.54.